The first-order valence-corrected chi connectivity index (χ1v) is 3.47. The molecule has 0 radical (unpaired) electrons. The lowest BCUT2D eigenvalue weighted by molar-refractivity contribution is 0.203. The van der Waals surface area contributed by atoms with Crippen LogP contribution in [0.4, 0.5) is 0 Å². The first-order valence-electron chi connectivity index (χ1n) is 3.47. The Bertz CT molecular complexity index is 76.6. The Morgan fingerprint density at radius 3 is 2.33 bits per heavy atom. The molecule has 0 aliphatic rings. The van der Waals surface area contributed by atoms with Crippen LogP contribution in [0.25, 0.3) is 0 Å². The van der Waals surface area contributed by atoms with E-state index in [4.69, 9.17) is 5.11 Å². The summed E-state index contributed by atoms with van der Waals surface area (Å²) in [5.74, 6) is 0.680. The van der Waals surface area contributed by atoms with Gasteiger partial charge < -0.3 is 5.11 Å². The van der Waals surface area contributed by atoms with Gasteiger partial charge in [-0.1, -0.05) is 19.9 Å². The highest BCUT2D eigenvalue weighted by Gasteiger charge is 1.98. The van der Waals surface area contributed by atoms with Crippen molar-refractivity contribution in [2.24, 2.45) is 5.92 Å². The Labute approximate surface area is 57.4 Å². The van der Waals surface area contributed by atoms with Gasteiger partial charge >= 0.3 is 0 Å². The minimum absolute atomic E-state index is 0.299. The van der Waals surface area contributed by atoms with Gasteiger partial charge in [0.2, 0.25) is 0 Å². The van der Waals surface area contributed by atoms with Gasteiger partial charge in [-0.25, -0.2) is 0 Å². The van der Waals surface area contributed by atoms with Crippen LogP contribution in [-0.2, 0) is 0 Å². The van der Waals surface area contributed by atoms with E-state index in [0.29, 0.717) is 5.92 Å². The summed E-state index contributed by atoms with van der Waals surface area (Å²) in [6.07, 6.45) is 3.21. The third-order valence-corrected chi connectivity index (χ3v) is 1.31. The summed E-state index contributed by atoms with van der Waals surface area (Å²) in [6.45, 7) is 7.79. The second-order valence-corrected chi connectivity index (χ2v) is 2.77. The summed E-state index contributed by atoms with van der Waals surface area (Å²) in [4.78, 5) is 0. The first kappa shape index (κ1) is 8.70. The third kappa shape index (κ3) is 5.57. The van der Waals surface area contributed by atoms with Crippen LogP contribution in [0.15, 0.2) is 12.7 Å². The highest BCUT2D eigenvalue weighted by molar-refractivity contribution is 4.77. The smallest absolute Gasteiger partial charge is 0.0718 e. The molecule has 1 atom stereocenters. The zero-order valence-corrected chi connectivity index (χ0v) is 6.30. The summed E-state index contributed by atoms with van der Waals surface area (Å²) in [7, 11) is 0. The van der Waals surface area contributed by atoms with E-state index in [2.05, 4.69) is 20.4 Å². The second kappa shape index (κ2) is 4.57. The quantitative estimate of drug-likeness (QED) is 0.574. The second-order valence-electron chi connectivity index (χ2n) is 2.77. The SMILES string of the molecule is C=CC(O)CCC(C)C. The molecule has 1 heteroatoms. The van der Waals surface area contributed by atoms with Crippen molar-refractivity contribution in [1.29, 1.82) is 0 Å². The van der Waals surface area contributed by atoms with Gasteiger partial charge in [0.1, 0.15) is 0 Å². The summed E-state index contributed by atoms with van der Waals surface area (Å²) in [6, 6.07) is 0. The normalized spacial score (nSPS) is 13.8. The van der Waals surface area contributed by atoms with E-state index in [-0.39, 0.29) is 6.10 Å². The molecule has 0 fully saturated rings. The van der Waals surface area contributed by atoms with Crippen molar-refractivity contribution in [2.75, 3.05) is 0 Å². The maximum atomic E-state index is 8.99. The van der Waals surface area contributed by atoms with Crippen molar-refractivity contribution < 1.29 is 5.11 Å². The van der Waals surface area contributed by atoms with Crippen molar-refractivity contribution >= 4 is 0 Å². The van der Waals surface area contributed by atoms with Gasteiger partial charge in [0.25, 0.3) is 0 Å². The van der Waals surface area contributed by atoms with Gasteiger partial charge in [0.15, 0.2) is 0 Å². The van der Waals surface area contributed by atoms with Crippen LogP contribution in [0.3, 0.4) is 0 Å². The topological polar surface area (TPSA) is 20.2 Å². The molecule has 54 valence electrons. The van der Waals surface area contributed by atoms with Crippen molar-refractivity contribution in [2.45, 2.75) is 32.8 Å². The van der Waals surface area contributed by atoms with Crippen molar-refractivity contribution in [3.05, 3.63) is 12.7 Å². The van der Waals surface area contributed by atoms with E-state index in [1.165, 1.54) is 0 Å². The van der Waals surface area contributed by atoms with Crippen molar-refractivity contribution in [3.63, 3.8) is 0 Å². The van der Waals surface area contributed by atoms with E-state index < -0.39 is 0 Å². The van der Waals surface area contributed by atoms with E-state index in [1.54, 1.807) is 6.08 Å². The minimum atomic E-state index is -0.299. The zero-order valence-electron chi connectivity index (χ0n) is 6.30. The molecule has 0 aliphatic heterocycles. The summed E-state index contributed by atoms with van der Waals surface area (Å²) in [5.41, 5.74) is 0. The molecule has 1 nitrogen and oxygen atoms in total. The Hall–Kier alpha value is -0.300. The molecule has 9 heavy (non-hydrogen) atoms. The Balaban J connectivity index is 3.16. The maximum absolute atomic E-state index is 8.99. The number of rotatable bonds is 4. The maximum Gasteiger partial charge on any atom is 0.0718 e. The molecule has 0 aromatic rings. The average Bonchev–Trinajstić information content (AvgIpc) is 1.83. The molecular weight excluding hydrogens is 112 g/mol. The number of aliphatic hydroxyl groups is 1. The van der Waals surface area contributed by atoms with E-state index in [9.17, 15) is 0 Å². The van der Waals surface area contributed by atoms with Crippen LogP contribution in [-0.4, -0.2) is 11.2 Å². The molecular formula is C8H16O. The van der Waals surface area contributed by atoms with Gasteiger partial charge in [-0.2, -0.15) is 0 Å². The van der Waals surface area contributed by atoms with Crippen molar-refractivity contribution in [1.82, 2.24) is 0 Å². The molecule has 0 bridgehead atoms. The standard InChI is InChI=1S/C8H16O/c1-4-8(9)6-5-7(2)3/h4,7-9H,1,5-6H2,2-3H3. The van der Waals surface area contributed by atoms with Gasteiger partial charge in [-0.3, -0.25) is 0 Å². The molecule has 0 saturated heterocycles. The highest BCUT2D eigenvalue weighted by Crippen LogP contribution is 2.06. The third-order valence-electron chi connectivity index (χ3n) is 1.31. The van der Waals surface area contributed by atoms with Crippen LogP contribution < -0.4 is 0 Å². The van der Waals surface area contributed by atoms with E-state index >= 15 is 0 Å². The lowest BCUT2D eigenvalue weighted by atomic mass is 10.1. The van der Waals surface area contributed by atoms with Crippen LogP contribution in [0.1, 0.15) is 26.7 Å². The number of hydrogen-bond acceptors (Lipinski definition) is 1. The molecule has 0 amide bonds. The molecule has 0 aliphatic carbocycles. The van der Waals surface area contributed by atoms with Crippen LogP contribution in [0.2, 0.25) is 0 Å². The minimum Gasteiger partial charge on any atom is -0.389 e. The van der Waals surface area contributed by atoms with Gasteiger partial charge in [0, 0.05) is 0 Å². The predicted octanol–water partition coefficient (Wildman–Crippen LogP) is 1.97. The molecule has 0 aromatic heterocycles. The van der Waals surface area contributed by atoms with E-state index in [1.807, 2.05) is 0 Å². The van der Waals surface area contributed by atoms with Gasteiger partial charge in [-0.15, -0.1) is 6.58 Å². The Kier molecular flexibility index (Phi) is 4.41. The molecule has 0 saturated carbocycles. The fraction of sp³-hybridized carbons (Fsp3) is 0.750. The zero-order chi connectivity index (χ0) is 7.28. The molecule has 0 heterocycles. The van der Waals surface area contributed by atoms with Crippen LogP contribution in [0.5, 0.6) is 0 Å². The fourth-order valence-electron chi connectivity index (χ4n) is 0.622. The Morgan fingerprint density at radius 1 is 1.44 bits per heavy atom. The fourth-order valence-corrected chi connectivity index (χ4v) is 0.622. The average molecular weight is 128 g/mol. The van der Waals surface area contributed by atoms with E-state index in [0.717, 1.165) is 12.8 Å². The Morgan fingerprint density at radius 2 is 2.00 bits per heavy atom. The van der Waals surface area contributed by atoms with Crippen LogP contribution >= 0.6 is 0 Å². The first-order chi connectivity index (χ1) is 4.16. The number of hydrogen-bond donors (Lipinski definition) is 1. The lowest BCUT2D eigenvalue weighted by Crippen LogP contribution is -2.02. The van der Waals surface area contributed by atoms with Crippen molar-refractivity contribution in [3.8, 4) is 0 Å². The molecule has 1 unspecified atom stereocenters. The van der Waals surface area contributed by atoms with Gasteiger partial charge in [-0.05, 0) is 18.8 Å². The summed E-state index contributed by atoms with van der Waals surface area (Å²) < 4.78 is 0. The van der Waals surface area contributed by atoms with Crippen LogP contribution in [0, 0.1) is 5.92 Å². The molecule has 1 N–H and O–H groups in total. The number of aliphatic hydroxyl groups excluding tert-OH is 1. The summed E-state index contributed by atoms with van der Waals surface area (Å²) in [5, 5.41) is 8.99. The highest BCUT2D eigenvalue weighted by atomic mass is 16.3. The van der Waals surface area contributed by atoms with Gasteiger partial charge in [0.05, 0.1) is 6.10 Å². The predicted molar refractivity (Wildman–Crippen MR) is 40.3 cm³/mol. The lowest BCUT2D eigenvalue weighted by Gasteiger charge is -2.06. The summed E-state index contributed by atoms with van der Waals surface area (Å²) >= 11 is 0. The largest absolute Gasteiger partial charge is 0.389 e. The monoisotopic (exact) mass is 128 g/mol. The molecule has 0 aromatic carbocycles. The molecule has 0 rings (SSSR count). The molecule has 0 spiro atoms.